The zero-order valence-corrected chi connectivity index (χ0v) is 34.8. The van der Waals surface area contributed by atoms with Gasteiger partial charge < -0.3 is 43.1 Å². The summed E-state index contributed by atoms with van der Waals surface area (Å²) < 4.78 is 31.7. The maximum absolute atomic E-state index is 13.7. The van der Waals surface area contributed by atoms with E-state index in [1.54, 1.807) is 62.7 Å². The molecular weight excluding hydrogens is 726 g/mol. The molecule has 314 valence electrons. The molecule has 0 spiro atoms. The lowest BCUT2D eigenvalue weighted by atomic mass is 9.94. The van der Waals surface area contributed by atoms with E-state index < -0.39 is 41.2 Å². The van der Waals surface area contributed by atoms with Crippen LogP contribution in [-0.2, 0) is 55.8 Å². The average Bonchev–Trinajstić information content (AvgIpc) is 3.95. The molecule has 2 heterocycles. The van der Waals surface area contributed by atoms with Crippen LogP contribution in [0.1, 0.15) is 91.7 Å². The fourth-order valence-corrected chi connectivity index (χ4v) is 6.20. The monoisotopic (exact) mass is 789 g/mol. The summed E-state index contributed by atoms with van der Waals surface area (Å²) in [6.45, 7) is 15.2. The van der Waals surface area contributed by atoms with Crippen molar-refractivity contribution in [1.29, 1.82) is 0 Å². The van der Waals surface area contributed by atoms with Crippen LogP contribution < -0.4 is 4.74 Å². The first-order chi connectivity index (χ1) is 26.3. The van der Waals surface area contributed by atoms with Crippen molar-refractivity contribution in [3.05, 3.63) is 29.3 Å². The maximum atomic E-state index is 13.7. The molecule has 0 radical (unpaired) electrons. The Morgan fingerprint density at radius 3 is 1.80 bits per heavy atom. The predicted octanol–water partition coefficient (Wildman–Crippen LogP) is 4.98. The van der Waals surface area contributed by atoms with Gasteiger partial charge in [-0.3, -0.25) is 19.2 Å². The van der Waals surface area contributed by atoms with E-state index in [2.05, 4.69) is 6.07 Å². The minimum Gasteiger partial charge on any atom is -0.491 e. The van der Waals surface area contributed by atoms with Crippen molar-refractivity contribution in [3.63, 3.8) is 0 Å². The minimum absolute atomic E-state index is 0.0343. The second-order valence-corrected chi connectivity index (χ2v) is 16.3. The molecule has 4 rings (SSSR count). The third-order valence-electron chi connectivity index (χ3n) is 9.03. The van der Waals surface area contributed by atoms with Crippen molar-refractivity contribution in [2.45, 2.75) is 111 Å². The summed E-state index contributed by atoms with van der Waals surface area (Å²) in [4.78, 5) is 79.0. The normalized spacial score (nSPS) is 18.7. The second-order valence-electron chi connectivity index (χ2n) is 16.3. The van der Waals surface area contributed by atoms with Gasteiger partial charge in [-0.25, -0.2) is 9.59 Å². The topological polar surface area (TPSA) is 168 Å². The quantitative estimate of drug-likeness (QED) is 0.108. The van der Waals surface area contributed by atoms with Gasteiger partial charge in [0, 0.05) is 72.4 Å². The third-order valence-corrected chi connectivity index (χ3v) is 9.03. The summed E-state index contributed by atoms with van der Waals surface area (Å²) in [5, 5.41) is 0. The summed E-state index contributed by atoms with van der Waals surface area (Å²) in [5.74, 6) is -2.11. The molecule has 3 amide bonds. The molecule has 3 fully saturated rings. The Labute approximate surface area is 331 Å². The van der Waals surface area contributed by atoms with Gasteiger partial charge in [0.2, 0.25) is 5.91 Å². The summed E-state index contributed by atoms with van der Waals surface area (Å²) in [6, 6.07) is 6.17. The largest absolute Gasteiger partial charge is 0.491 e. The number of nitrogens with zero attached hydrogens (tertiary/aromatic N) is 3. The molecule has 2 atom stereocenters. The molecule has 3 aliphatic rings. The Morgan fingerprint density at radius 1 is 0.750 bits per heavy atom. The van der Waals surface area contributed by atoms with Gasteiger partial charge in [0.25, 0.3) is 0 Å². The number of Topliss-reactive ketones (excluding diaryl/α,β-unsaturated/α-hetero) is 2. The van der Waals surface area contributed by atoms with Crippen molar-refractivity contribution in [2.75, 3.05) is 66.8 Å². The highest BCUT2D eigenvalue weighted by molar-refractivity contribution is 6.03. The number of amides is 3. The molecular formula is C41H63N3O12. The number of hydrogen-bond acceptors (Lipinski definition) is 12. The zero-order valence-electron chi connectivity index (χ0n) is 34.8. The lowest BCUT2D eigenvalue weighted by Gasteiger charge is -2.35. The number of rotatable bonds is 14. The number of ketones is 2. The van der Waals surface area contributed by atoms with E-state index in [-0.39, 0.29) is 69.1 Å². The summed E-state index contributed by atoms with van der Waals surface area (Å²) in [5.41, 5.74) is 0.817. The molecule has 15 nitrogen and oxygen atoms in total. The Hall–Kier alpha value is -4.24. The van der Waals surface area contributed by atoms with Gasteiger partial charge in [-0.15, -0.1) is 0 Å². The number of benzene rings is 1. The number of carbonyl (C=O) groups excluding carboxylic acids is 6. The molecule has 0 N–H and O–H groups in total. The lowest BCUT2D eigenvalue weighted by molar-refractivity contribution is -0.153. The first-order valence-electron chi connectivity index (χ1n) is 19.6. The number of piperidine rings is 2. The maximum Gasteiger partial charge on any atom is 0.410 e. The first-order valence-corrected chi connectivity index (χ1v) is 19.6. The van der Waals surface area contributed by atoms with E-state index in [1.807, 2.05) is 17.0 Å². The first kappa shape index (κ1) is 46.1. The summed E-state index contributed by atoms with van der Waals surface area (Å²) in [7, 11) is 3.32. The second kappa shape index (κ2) is 21.3. The number of hydrogen-bond donors (Lipinski definition) is 0. The van der Waals surface area contributed by atoms with E-state index in [4.69, 9.17) is 28.4 Å². The van der Waals surface area contributed by atoms with E-state index in [0.29, 0.717) is 26.4 Å². The van der Waals surface area contributed by atoms with E-state index in [9.17, 15) is 28.8 Å². The molecule has 1 aromatic carbocycles. The van der Waals surface area contributed by atoms with Crippen LogP contribution in [0, 0.1) is 11.8 Å². The number of methoxy groups -OCH3 is 2. The standard InChI is InChI=1S/C28H42N2O7.C13H21NO5/c1-28(2,3)37-27(33)29-11-10-25(31)24(19-29)26(32)30(22-8-9-22)18-21-15-20(7-6-12-34-4)16-23(17-21)36-14-13-35-5;1-5-18-11(16)9-8-14(7-6-10(9)15)12(17)19-13(2,3)4/h15-17,22,24H,6-14,18-19H2,1-5H3;9H,5-8H2,1-4H3. The predicted molar refractivity (Wildman–Crippen MR) is 206 cm³/mol. The molecule has 56 heavy (non-hydrogen) atoms. The van der Waals surface area contributed by atoms with Crippen molar-refractivity contribution in [3.8, 4) is 5.75 Å². The zero-order chi connectivity index (χ0) is 41.6. The number of likely N-dealkylation sites (tertiary alicyclic amines) is 2. The molecule has 2 saturated heterocycles. The van der Waals surface area contributed by atoms with Gasteiger partial charge in [0.15, 0.2) is 5.78 Å². The molecule has 1 saturated carbocycles. The van der Waals surface area contributed by atoms with E-state index in [1.165, 1.54) is 9.80 Å². The van der Waals surface area contributed by atoms with Crippen molar-refractivity contribution in [2.24, 2.45) is 11.8 Å². The van der Waals surface area contributed by atoms with Crippen molar-refractivity contribution < 1.29 is 57.2 Å². The Bertz CT molecular complexity index is 1490. The Kier molecular flexibility index (Phi) is 17.6. The molecule has 1 aliphatic carbocycles. The highest BCUT2D eigenvalue weighted by atomic mass is 16.6. The Morgan fingerprint density at radius 2 is 1.29 bits per heavy atom. The minimum atomic E-state index is -0.888. The third kappa shape index (κ3) is 15.4. The number of esters is 1. The van der Waals surface area contributed by atoms with Crippen LogP contribution in [0.15, 0.2) is 18.2 Å². The highest BCUT2D eigenvalue weighted by Gasteiger charge is 2.42. The van der Waals surface area contributed by atoms with Crippen molar-refractivity contribution >= 4 is 35.6 Å². The van der Waals surface area contributed by atoms with Gasteiger partial charge in [-0.2, -0.15) is 0 Å². The van der Waals surface area contributed by atoms with E-state index in [0.717, 1.165) is 42.6 Å². The van der Waals surface area contributed by atoms with Crippen LogP contribution in [0.3, 0.4) is 0 Å². The van der Waals surface area contributed by atoms with Crippen LogP contribution in [-0.4, -0.2) is 134 Å². The molecule has 0 bridgehead atoms. The summed E-state index contributed by atoms with van der Waals surface area (Å²) >= 11 is 0. The number of aryl methyl sites for hydroxylation is 1. The summed E-state index contributed by atoms with van der Waals surface area (Å²) in [6.07, 6.45) is 2.83. The SMILES string of the molecule is CCOC(=O)C1CN(C(=O)OC(C)(C)C)CCC1=O.COCCCc1cc(CN(C(=O)C2CN(C(=O)OC(C)(C)C)CCC2=O)C2CC2)cc(OCCOC)c1. The van der Waals surface area contributed by atoms with Crippen LogP contribution in [0.4, 0.5) is 9.59 Å². The van der Waals surface area contributed by atoms with Gasteiger partial charge in [-0.1, -0.05) is 6.07 Å². The lowest BCUT2D eigenvalue weighted by Crippen LogP contribution is -2.52. The number of carbonyl (C=O) groups is 6. The highest BCUT2D eigenvalue weighted by Crippen LogP contribution is 2.32. The van der Waals surface area contributed by atoms with Crippen LogP contribution >= 0.6 is 0 Å². The van der Waals surface area contributed by atoms with Gasteiger partial charge >= 0.3 is 18.2 Å². The number of ether oxygens (including phenoxy) is 6. The molecule has 2 aliphatic heterocycles. The molecule has 1 aromatic rings. The molecule has 15 heteroatoms. The van der Waals surface area contributed by atoms with Gasteiger partial charge in [0.05, 0.1) is 13.2 Å². The average molecular weight is 790 g/mol. The molecule has 0 aromatic heterocycles. The van der Waals surface area contributed by atoms with E-state index >= 15 is 0 Å². The Balaban J connectivity index is 0.000000372. The molecule has 2 unspecified atom stereocenters. The van der Waals surface area contributed by atoms with Crippen LogP contribution in [0.5, 0.6) is 5.75 Å². The van der Waals surface area contributed by atoms with Crippen LogP contribution in [0.2, 0.25) is 0 Å². The smallest absolute Gasteiger partial charge is 0.410 e. The fraction of sp³-hybridized carbons (Fsp3) is 0.707. The van der Waals surface area contributed by atoms with Crippen LogP contribution in [0.25, 0.3) is 0 Å². The van der Waals surface area contributed by atoms with Gasteiger partial charge in [0.1, 0.15) is 41.2 Å². The van der Waals surface area contributed by atoms with Crippen molar-refractivity contribution in [1.82, 2.24) is 14.7 Å². The fourth-order valence-electron chi connectivity index (χ4n) is 6.20. The van der Waals surface area contributed by atoms with Gasteiger partial charge in [-0.05, 0) is 97.4 Å².